The van der Waals surface area contributed by atoms with E-state index in [-0.39, 0.29) is 0 Å². The van der Waals surface area contributed by atoms with Crippen molar-refractivity contribution in [3.63, 3.8) is 0 Å². The minimum atomic E-state index is 0.301. The van der Waals surface area contributed by atoms with Gasteiger partial charge in [0, 0.05) is 16.1 Å². The van der Waals surface area contributed by atoms with Crippen molar-refractivity contribution in [1.29, 1.82) is 0 Å². The van der Waals surface area contributed by atoms with Crippen molar-refractivity contribution in [1.82, 2.24) is 5.32 Å². The highest BCUT2D eigenvalue weighted by Crippen LogP contribution is 2.29. The average Bonchev–Trinajstić information content (AvgIpc) is 2.39. The van der Waals surface area contributed by atoms with Crippen molar-refractivity contribution in [3.05, 3.63) is 28.2 Å². The number of nitrogens with one attached hydrogen (secondary N) is 1. The molecule has 0 saturated carbocycles. The van der Waals surface area contributed by atoms with Crippen LogP contribution in [-0.2, 0) is 0 Å². The second-order valence-corrected chi connectivity index (χ2v) is 5.60. The zero-order chi connectivity index (χ0) is 13.5. The summed E-state index contributed by atoms with van der Waals surface area (Å²) in [5.41, 5.74) is 1.21. The van der Waals surface area contributed by atoms with E-state index < -0.39 is 0 Å². The molecule has 3 heteroatoms. The summed E-state index contributed by atoms with van der Waals surface area (Å²) in [6.07, 6.45) is 2.34. The third-order valence-corrected chi connectivity index (χ3v) is 4.00. The molecule has 0 radical (unpaired) electrons. The van der Waals surface area contributed by atoms with Crippen molar-refractivity contribution in [3.8, 4) is 5.75 Å². The maximum absolute atomic E-state index is 6.01. The Kier molecular flexibility index (Phi) is 6.72. The van der Waals surface area contributed by atoms with Crippen molar-refractivity contribution >= 4 is 15.9 Å². The summed E-state index contributed by atoms with van der Waals surface area (Å²) in [5, 5.41) is 3.26. The Morgan fingerprint density at radius 3 is 2.50 bits per heavy atom. The monoisotopic (exact) mass is 313 g/mol. The standard InChI is InChI=1S/C15H24BrNO/c1-5-12(6-2)10-18-15-9-13(16)7-8-14(15)11(3)17-4/h7-9,11-12,17H,5-6,10H2,1-4H3. The summed E-state index contributed by atoms with van der Waals surface area (Å²) >= 11 is 3.51. The molecule has 0 aliphatic rings. The zero-order valence-electron chi connectivity index (χ0n) is 11.8. The summed E-state index contributed by atoms with van der Waals surface area (Å²) in [7, 11) is 1.97. The Bertz CT molecular complexity index is 364. The number of halogens is 1. The number of hydrogen-bond acceptors (Lipinski definition) is 2. The molecule has 1 aromatic carbocycles. The fourth-order valence-electron chi connectivity index (χ4n) is 1.88. The lowest BCUT2D eigenvalue weighted by molar-refractivity contribution is 0.237. The molecule has 102 valence electrons. The van der Waals surface area contributed by atoms with Crippen LogP contribution in [0, 0.1) is 5.92 Å². The SMILES string of the molecule is CCC(CC)COc1cc(Br)ccc1C(C)NC. The highest BCUT2D eigenvalue weighted by Gasteiger charge is 2.12. The van der Waals surface area contributed by atoms with E-state index in [0.29, 0.717) is 12.0 Å². The van der Waals surface area contributed by atoms with Crippen molar-refractivity contribution in [2.24, 2.45) is 5.92 Å². The third kappa shape index (κ3) is 4.29. The summed E-state index contributed by atoms with van der Waals surface area (Å²) in [6, 6.07) is 6.54. The number of hydrogen-bond donors (Lipinski definition) is 1. The van der Waals surface area contributed by atoms with Crippen LogP contribution in [0.25, 0.3) is 0 Å². The second-order valence-electron chi connectivity index (χ2n) is 4.69. The Morgan fingerprint density at radius 2 is 1.94 bits per heavy atom. The van der Waals surface area contributed by atoms with Gasteiger partial charge in [-0.2, -0.15) is 0 Å². The van der Waals surface area contributed by atoms with Crippen LogP contribution >= 0.6 is 15.9 Å². The minimum absolute atomic E-state index is 0.301. The first-order valence-corrected chi connectivity index (χ1v) is 7.51. The van der Waals surface area contributed by atoms with E-state index in [9.17, 15) is 0 Å². The first kappa shape index (κ1) is 15.5. The van der Waals surface area contributed by atoms with Gasteiger partial charge in [0.15, 0.2) is 0 Å². The molecule has 1 N–H and O–H groups in total. The van der Waals surface area contributed by atoms with E-state index in [1.54, 1.807) is 0 Å². The van der Waals surface area contributed by atoms with E-state index in [1.807, 2.05) is 7.05 Å². The molecule has 0 heterocycles. The summed E-state index contributed by atoms with van der Waals surface area (Å²) in [4.78, 5) is 0. The number of benzene rings is 1. The van der Waals surface area contributed by atoms with Gasteiger partial charge in [-0.15, -0.1) is 0 Å². The maximum atomic E-state index is 6.01. The van der Waals surface area contributed by atoms with Gasteiger partial charge in [0.25, 0.3) is 0 Å². The van der Waals surface area contributed by atoms with Gasteiger partial charge < -0.3 is 10.1 Å². The molecule has 0 aliphatic heterocycles. The highest BCUT2D eigenvalue weighted by atomic mass is 79.9. The van der Waals surface area contributed by atoms with Gasteiger partial charge in [-0.1, -0.05) is 48.7 Å². The predicted octanol–water partition coefficient (Wildman–Crippen LogP) is 4.54. The Labute approximate surface area is 119 Å². The molecule has 0 spiro atoms. The normalized spacial score (nSPS) is 12.8. The molecule has 2 nitrogen and oxygen atoms in total. The fourth-order valence-corrected chi connectivity index (χ4v) is 2.22. The molecule has 1 atom stereocenters. The van der Waals surface area contributed by atoms with E-state index in [1.165, 1.54) is 18.4 Å². The van der Waals surface area contributed by atoms with Gasteiger partial charge in [0.2, 0.25) is 0 Å². The molecule has 0 fully saturated rings. The van der Waals surface area contributed by atoms with Crippen molar-refractivity contribution in [2.75, 3.05) is 13.7 Å². The molecule has 0 aliphatic carbocycles. The van der Waals surface area contributed by atoms with Gasteiger partial charge >= 0.3 is 0 Å². The fraction of sp³-hybridized carbons (Fsp3) is 0.600. The summed E-state index contributed by atoms with van der Waals surface area (Å²) in [5.74, 6) is 1.62. The molecule has 1 aromatic rings. The first-order valence-electron chi connectivity index (χ1n) is 6.71. The molecular weight excluding hydrogens is 290 g/mol. The quantitative estimate of drug-likeness (QED) is 0.797. The van der Waals surface area contributed by atoms with Crippen molar-refractivity contribution in [2.45, 2.75) is 39.7 Å². The Balaban J connectivity index is 2.82. The van der Waals surface area contributed by atoms with Crippen LogP contribution in [0.2, 0.25) is 0 Å². The maximum Gasteiger partial charge on any atom is 0.125 e. The van der Waals surface area contributed by atoms with E-state index in [4.69, 9.17) is 4.74 Å². The van der Waals surface area contributed by atoms with E-state index in [0.717, 1.165) is 16.8 Å². The van der Waals surface area contributed by atoms with Gasteiger partial charge in [-0.25, -0.2) is 0 Å². The molecule has 0 bridgehead atoms. The number of ether oxygens (including phenoxy) is 1. The topological polar surface area (TPSA) is 21.3 Å². The van der Waals surface area contributed by atoms with E-state index in [2.05, 4.69) is 60.2 Å². The molecule has 18 heavy (non-hydrogen) atoms. The number of rotatable bonds is 7. The summed E-state index contributed by atoms with van der Waals surface area (Å²) in [6.45, 7) is 7.38. The minimum Gasteiger partial charge on any atom is -0.493 e. The first-order chi connectivity index (χ1) is 8.62. The van der Waals surface area contributed by atoms with Gasteiger partial charge in [0.05, 0.1) is 6.61 Å². The summed E-state index contributed by atoms with van der Waals surface area (Å²) < 4.78 is 7.08. The smallest absolute Gasteiger partial charge is 0.125 e. The van der Waals surface area contributed by atoms with Gasteiger partial charge in [-0.05, 0) is 32.0 Å². The van der Waals surface area contributed by atoms with Gasteiger partial charge in [0.1, 0.15) is 5.75 Å². The molecule has 0 saturated heterocycles. The van der Waals surface area contributed by atoms with Crippen LogP contribution in [-0.4, -0.2) is 13.7 Å². The highest BCUT2D eigenvalue weighted by molar-refractivity contribution is 9.10. The molecule has 0 amide bonds. The lowest BCUT2D eigenvalue weighted by Gasteiger charge is -2.19. The van der Waals surface area contributed by atoms with Crippen LogP contribution in [0.1, 0.15) is 45.2 Å². The largest absolute Gasteiger partial charge is 0.493 e. The molecular formula is C15H24BrNO. The van der Waals surface area contributed by atoms with Crippen LogP contribution < -0.4 is 10.1 Å². The lowest BCUT2D eigenvalue weighted by Crippen LogP contribution is -2.16. The van der Waals surface area contributed by atoms with E-state index >= 15 is 0 Å². The Morgan fingerprint density at radius 1 is 1.28 bits per heavy atom. The lowest BCUT2D eigenvalue weighted by atomic mass is 10.0. The zero-order valence-corrected chi connectivity index (χ0v) is 13.4. The average molecular weight is 314 g/mol. The van der Waals surface area contributed by atoms with Crippen LogP contribution in [0.5, 0.6) is 5.75 Å². The van der Waals surface area contributed by atoms with Crippen LogP contribution in [0.15, 0.2) is 22.7 Å². The predicted molar refractivity (Wildman–Crippen MR) is 81.2 cm³/mol. The van der Waals surface area contributed by atoms with Crippen LogP contribution in [0.3, 0.4) is 0 Å². The second kappa shape index (κ2) is 7.80. The molecule has 1 unspecified atom stereocenters. The van der Waals surface area contributed by atoms with Crippen LogP contribution in [0.4, 0.5) is 0 Å². The Hall–Kier alpha value is -0.540. The van der Waals surface area contributed by atoms with Crippen molar-refractivity contribution < 1.29 is 4.74 Å². The molecule has 1 rings (SSSR count). The third-order valence-electron chi connectivity index (χ3n) is 3.50. The molecule has 0 aromatic heterocycles. The van der Waals surface area contributed by atoms with Gasteiger partial charge in [-0.3, -0.25) is 0 Å².